The van der Waals surface area contributed by atoms with E-state index in [9.17, 15) is 4.79 Å². The number of hydrogen-bond donors (Lipinski definition) is 1. The van der Waals surface area contributed by atoms with Crippen molar-refractivity contribution in [1.29, 1.82) is 0 Å². The average molecular weight is 325 g/mol. The van der Waals surface area contributed by atoms with Crippen LogP contribution in [-0.2, 0) is 11.2 Å². The fourth-order valence-corrected chi connectivity index (χ4v) is 2.72. The zero-order valence-electron chi connectivity index (χ0n) is 15.1. The van der Waals surface area contributed by atoms with E-state index in [0.717, 1.165) is 16.9 Å². The van der Waals surface area contributed by atoms with Gasteiger partial charge in [0.25, 0.3) is 0 Å². The number of carbonyl (C=O) groups is 1. The van der Waals surface area contributed by atoms with Gasteiger partial charge in [0.1, 0.15) is 12.4 Å². The van der Waals surface area contributed by atoms with E-state index in [-0.39, 0.29) is 5.91 Å². The summed E-state index contributed by atoms with van der Waals surface area (Å²) in [5.41, 5.74) is 4.64. The van der Waals surface area contributed by atoms with E-state index in [0.29, 0.717) is 25.5 Å². The molecule has 0 fully saturated rings. The minimum Gasteiger partial charge on any atom is -0.491 e. The van der Waals surface area contributed by atoms with Crippen molar-refractivity contribution in [2.75, 3.05) is 13.2 Å². The van der Waals surface area contributed by atoms with Gasteiger partial charge in [0.15, 0.2) is 0 Å². The Morgan fingerprint density at radius 2 is 1.88 bits per heavy atom. The minimum absolute atomic E-state index is 0.0303. The number of aryl methyl sites for hydroxylation is 2. The summed E-state index contributed by atoms with van der Waals surface area (Å²) in [5.74, 6) is 1.35. The number of carbonyl (C=O) groups excluding carboxylic acids is 1. The highest BCUT2D eigenvalue weighted by Crippen LogP contribution is 2.25. The van der Waals surface area contributed by atoms with Crippen molar-refractivity contribution in [1.82, 2.24) is 5.32 Å². The third-order valence-corrected chi connectivity index (χ3v) is 4.07. The molecule has 2 rings (SSSR count). The Balaban J connectivity index is 1.79. The summed E-state index contributed by atoms with van der Waals surface area (Å²) >= 11 is 0. The summed E-state index contributed by atoms with van der Waals surface area (Å²) in [6.07, 6.45) is 0.411. The van der Waals surface area contributed by atoms with E-state index in [1.807, 2.05) is 37.3 Å². The predicted octanol–water partition coefficient (Wildman–Crippen LogP) is 4.16. The Kier molecular flexibility index (Phi) is 6.42. The molecular weight excluding hydrogens is 298 g/mol. The quantitative estimate of drug-likeness (QED) is 0.776. The van der Waals surface area contributed by atoms with Crippen LogP contribution < -0.4 is 10.1 Å². The van der Waals surface area contributed by atoms with Crippen LogP contribution in [0.2, 0.25) is 0 Å². The number of nitrogens with one attached hydrogen (secondary N) is 1. The molecule has 128 valence electrons. The molecule has 0 radical (unpaired) electrons. The van der Waals surface area contributed by atoms with Gasteiger partial charge in [0.2, 0.25) is 5.91 Å². The molecule has 0 aromatic heterocycles. The van der Waals surface area contributed by atoms with Gasteiger partial charge in [-0.3, -0.25) is 4.79 Å². The molecule has 0 saturated heterocycles. The van der Waals surface area contributed by atoms with Gasteiger partial charge in [0.05, 0.1) is 13.0 Å². The van der Waals surface area contributed by atoms with Gasteiger partial charge in [-0.1, -0.05) is 55.8 Å². The largest absolute Gasteiger partial charge is 0.491 e. The van der Waals surface area contributed by atoms with Gasteiger partial charge >= 0.3 is 0 Å². The molecule has 0 heterocycles. The summed E-state index contributed by atoms with van der Waals surface area (Å²) in [6, 6.07) is 14.2. The number of ether oxygens (including phenoxy) is 1. The highest BCUT2D eigenvalue weighted by Gasteiger charge is 2.08. The zero-order chi connectivity index (χ0) is 17.5. The molecule has 0 bridgehead atoms. The monoisotopic (exact) mass is 325 g/mol. The summed E-state index contributed by atoms with van der Waals surface area (Å²) < 4.78 is 5.82. The van der Waals surface area contributed by atoms with Crippen molar-refractivity contribution in [3.8, 4) is 5.75 Å². The maximum atomic E-state index is 12.1. The maximum Gasteiger partial charge on any atom is 0.224 e. The van der Waals surface area contributed by atoms with Crippen molar-refractivity contribution in [2.24, 2.45) is 0 Å². The molecule has 2 aromatic rings. The Morgan fingerprint density at radius 3 is 2.58 bits per heavy atom. The van der Waals surface area contributed by atoms with Crippen LogP contribution in [0.25, 0.3) is 0 Å². The van der Waals surface area contributed by atoms with E-state index in [4.69, 9.17) is 4.74 Å². The molecule has 0 unspecified atom stereocenters. The molecule has 0 aliphatic rings. The molecular formula is C21H27NO2. The summed E-state index contributed by atoms with van der Waals surface area (Å²) in [7, 11) is 0. The summed E-state index contributed by atoms with van der Waals surface area (Å²) in [5, 5.41) is 2.93. The van der Waals surface area contributed by atoms with Crippen LogP contribution in [-0.4, -0.2) is 19.1 Å². The normalized spacial score (nSPS) is 10.7. The number of rotatable bonds is 7. The molecule has 0 atom stereocenters. The SMILES string of the molecule is Cc1ccc(CC(=O)NCCOc2ccccc2C(C)C)c(C)c1. The first-order valence-corrected chi connectivity index (χ1v) is 8.52. The van der Waals surface area contributed by atoms with Gasteiger partial charge in [0, 0.05) is 0 Å². The Labute approximate surface area is 145 Å². The molecule has 3 nitrogen and oxygen atoms in total. The van der Waals surface area contributed by atoms with E-state index >= 15 is 0 Å². The van der Waals surface area contributed by atoms with Crippen molar-refractivity contribution in [3.05, 3.63) is 64.7 Å². The fourth-order valence-electron chi connectivity index (χ4n) is 2.72. The van der Waals surface area contributed by atoms with Gasteiger partial charge in [-0.2, -0.15) is 0 Å². The number of para-hydroxylation sites is 1. The lowest BCUT2D eigenvalue weighted by atomic mass is 10.0. The second-order valence-corrected chi connectivity index (χ2v) is 6.50. The Bertz CT molecular complexity index is 692. The molecule has 1 amide bonds. The Hall–Kier alpha value is -2.29. The van der Waals surface area contributed by atoms with E-state index < -0.39 is 0 Å². The Morgan fingerprint density at radius 1 is 1.12 bits per heavy atom. The molecule has 0 spiro atoms. The summed E-state index contributed by atoms with van der Waals surface area (Å²) in [6.45, 7) is 9.38. The highest BCUT2D eigenvalue weighted by atomic mass is 16.5. The highest BCUT2D eigenvalue weighted by molar-refractivity contribution is 5.78. The van der Waals surface area contributed by atoms with Crippen molar-refractivity contribution < 1.29 is 9.53 Å². The van der Waals surface area contributed by atoms with E-state index in [1.54, 1.807) is 0 Å². The molecule has 3 heteroatoms. The lowest BCUT2D eigenvalue weighted by molar-refractivity contribution is -0.120. The topological polar surface area (TPSA) is 38.3 Å². The zero-order valence-corrected chi connectivity index (χ0v) is 15.1. The van der Waals surface area contributed by atoms with Crippen LogP contribution in [0.3, 0.4) is 0 Å². The number of benzene rings is 2. The third kappa shape index (κ3) is 5.12. The molecule has 0 aliphatic carbocycles. The number of hydrogen-bond acceptors (Lipinski definition) is 2. The summed E-state index contributed by atoms with van der Waals surface area (Å²) in [4.78, 5) is 12.1. The molecule has 1 N–H and O–H groups in total. The van der Waals surface area contributed by atoms with Gasteiger partial charge in [-0.05, 0) is 42.5 Å². The lowest BCUT2D eigenvalue weighted by Crippen LogP contribution is -2.29. The lowest BCUT2D eigenvalue weighted by Gasteiger charge is -2.14. The molecule has 2 aromatic carbocycles. The van der Waals surface area contributed by atoms with Crippen LogP contribution in [0.15, 0.2) is 42.5 Å². The second-order valence-electron chi connectivity index (χ2n) is 6.50. The minimum atomic E-state index is 0.0303. The van der Waals surface area contributed by atoms with Crippen molar-refractivity contribution in [3.63, 3.8) is 0 Å². The van der Waals surface area contributed by atoms with Crippen molar-refractivity contribution in [2.45, 2.75) is 40.0 Å². The fraction of sp³-hybridized carbons (Fsp3) is 0.381. The van der Waals surface area contributed by atoms with Crippen molar-refractivity contribution >= 4 is 5.91 Å². The molecule has 0 aliphatic heterocycles. The van der Waals surface area contributed by atoms with Gasteiger partial charge < -0.3 is 10.1 Å². The number of amides is 1. The van der Waals surface area contributed by atoms with Crippen LogP contribution >= 0.6 is 0 Å². The van der Waals surface area contributed by atoms with E-state index in [2.05, 4.69) is 38.2 Å². The van der Waals surface area contributed by atoms with E-state index in [1.165, 1.54) is 11.1 Å². The van der Waals surface area contributed by atoms with Crippen LogP contribution in [0.4, 0.5) is 0 Å². The molecule has 0 saturated carbocycles. The predicted molar refractivity (Wildman–Crippen MR) is 98.7 cm³/mol. The van der Waals surface area contributed by atoms with Crippen LogP contribution in [0.1, 0.15) is 42.0 Å². The average Bonchev–Trinajstić information content (AvgIpc) is 2.54. The second kappa shape index (κ2) is 8.53. The first kappa shape index (κ1) is 18.1. The first-order chi connectivity index (χ1) is 11.5. The van der Waals surface area contributed by atoms with Crippen LogP contribution in [0.5, 0.6) is 5.75 Å². The standard InChI is InChI=1S/C21H27NO2/c1-15(2)19-7-5-6-8-20(19)24-12-11-22-21(23)14-18-10-9-16(3)13-17(18)4/h5-10,13,15H,11-12,14H2,1-4H3,(H,22,23). The first-order valence-electron chi connectivity index (χ1n) is 8.52. The van der Waals surface area contributed by atoms with Gasteiger partial charge in [-0.15, -0.1) is 0 Å². The molecule has 24 heavy (non-hydrogen) atoms. The smallest absolute Gasteiger partial charge is 0.224 e. The van der Waals surface area contributed by atoms with Crippen LogP contribution in [0, 0.1) is 13.8 Å². The third-order valence-electron chi connectivity index (χ3n) is 4.07. The van der Waals surface area contributed by atoms with Gasteiger partial charge in [-0.25, -0.2) is 0 Å². The maximum absolute atomic E-state index is 12.1.